The van der Waals surface area contributed by atoms with E-state index in [2.05, 4.69) is 15.5 Å². The van der Waals surface area contributed by atoms with E-state index in [9.17, 15) is 4.79 Å². The van der Waals surface area contributed by atoms with Crippen LogP contribution in [0.1, 0.15) is 19.8 Å². The monoisotopic (exact) mass is 255 g/mol. The van der Waals surface area contributed by atoms with Crippen molar-refractivity contribution < 1.29 is 9.90 Å². The fourth-order valence-corrected chi connectivity index (χ4v) is 1.97. The molecule has 0 aromatic carbocycles. The molecule has 1 aliphatic carbocycles. The van der Waals surface area contributed by atoms with Crippen LogP contribution in [0.3, 0.4) is 0 Å². The van der Waals surface area contributed by atoms with Gasteiger partial charge in [-0.15, -0.1) is 0 Å². The maximum absolute atomic E-state index is 11.7. The fraction of sp³-hybridized carbons (Fsp3) is 0.769. The molecule has 0 saturated heterocycles. The van der Waals surface area contributed by atoms with Crippen molar-refractivity contribution in [1.82, 2.24) is 15.5 Å². The summed E-state index contributed by atoms with van der Waals surface area (Å²) in [6.45, 7) is 3.11. The number of hydrogen-bond acceptors (Lipinski definition) is 3. The summed E-state index contributed by atoms with van der Waals surface area (Å²) in [5.74, 6) is 0.182. The predicted octanol–water partition coefficient (Wildman–Crippen LogP) is 0.563. The zero-order chi connectivity index (χ0) is 13.5. The normalized spacial score (nSPS) is 24.3. The zero-order valence-corrected chi connectivity index (χ0v) is 11.5. The van der Waals surface area contributed by atoms with Gasteiger partial charge in [0.15, 0.2) is 0 Å². The van der Waals surface area contributed by atoms with E-state index in [1.165, 1.54) is 0 Å². The second-order valence-electron chi connectivity index (χ2n) is 5.28. The Bertz CT molecular complexity index is 292. The fourth-order valence-electron chi connectivity index (χ4n) is 1.97. The van der Waals surface area contributed by atoms with Gasteiger partial charge in [0.05, 0.1) is 0 Å². The first-order valence-electron chi connectivity index (χ1n) is 6.52. The van der Waals surface area contributed by atoms with Crippen LogP contribution in [0.5, 0.6) is 0 Å². The molecule has 0 aromatic heterocycles. The highest BCUT2D eigenvalue weighted by molar-refractivity contribution is 5.74. The van der Waals surface area contributed by atoms with Crippen molar-refractivity contribution >= 4 is 6.03 Å². The molecule has 0 radical (unpaired) electrons. The first kappa shape index (κ1) is 15.0. The lowest BCUT2D eigenvalue weighted by Gasteiger charge is -2.19. The van der Waals surface area contributed by atoms with Gasteiger partial charge in [0, 0.05) is 24.6 Å². The summed E-state index contributed by atoms with van der Waals surface area (Å²) in [5, 5.41) is 14.8. The average Bonchev–Trinajstić information content (AvgIpc) is 2.73. The topological polar surface area (TPSA) is 64.6 Å². The molecular formula is C13H25N3O2. The van der Waals surface area contributed by atoms with E-state index in [1.807, 2.05) is 33.2 Å². The summed E-state index contributed by atoms with van der Waals surface area (Å²) < 4.78 is 0. The van der Waals surface area contributed by atoms with Gasteiger partial charge in [-0.2, -0.15) is 0 Å². The third-order valence-electron chi connectivity index (χ3n) is 3.11. The summed E-state index contributed by atoms with van der Waals surface area (Å²) in [6, 6.07) is 0.0733. The lowest BCUT2D eigenvalue weighted by atomic mass is 10.1. The second kappa shape index (κ2) is 7.38. The molecule has 0 heterocycles. The second-order valence-corrected chi connectivity index (χ2v) is 5.28. The Morgan fingerprint density at radius 3 is 2.78 bits per heavy atom. The number of rotatable bonds is 6. The molecular weight excluding hydrogens is 230 g/mol. The van der Waals surface area contributed by atoms with Gasteiger partial charge in [0.25, 0.3) is 0 Å². The first-order chi connectivity index (χ1) is 8.51. The van der Waals surface area contributed by atoms with Crippen LogP contribution in [0.2, 0.25) is 0 Å². The molecule has 3 atom stereocenters. The van der Waals surface area contributed by atoms with Gasteiger partial charge in [-0.1, -0.05) is 12.2 Å². The Hall–Kier alpha value is -1.07. The highest BCUT2D eigenvalue weighted by Gasteiger charge is 2.20. The smallest absolute Gasteiger partial charge is 0.315 e. The van der Waals surface area contributed by atoms with Crippen LogP contribution in [0.25, 0.3) is 0 Å². The molecule has 2 amide bonds. The molecule has 0 aliphatic heterocycles. The average molecular weight is 255 g/mol. The molecule has 1 unspecified atom stereocenters. The van der Waals surface area contributed by atoms with E-state index in [4.69, 9.17) is 5.11 Å². The molecule has 5 heteroatoms. The molecule has 0 fully saturated rings. The van der Waals surface area contributed by atoms with E-state index in [0.717, 1.165) is 19.4 Å². The molecule has 104 valence electrons. The summed E-state index contributed by atoms with van der Waals surface area (Å²) in [4.78, 5) is 13.8. The minimum Gasteiger partial charge on any atom is -0.396 e. The van der Waals surface area contributed by atoms with Crippen molar-refractivity contribution in [1.29, 1.82) is 0 Å². The summed E-state index contributed by atoms with van der Waals surface area (Å²) in [7, 11) is 4.04. The number of carbonyl (C=O) groups excluding carboxylic acids is 1. The van der Waals surface area contributed by atoms with E-state index in [1.54, 1.807) is 0 Å². The number of hydrogen-bond donors (Lipinski definition) is 3. The minimum absolute atomic E-state index is 0.0446. The number of nitrogens with zero attached hydrogens (tertiary/aromatic N) is 1. The van der Waals surface area contributed by atoms with Crippen molar-refractivity contribution in [2.24, 2.45) is 5.92 Å². The number of amides is 2. The van der Waals surface area contributed by atoms with Crippen molar-refractivity contribution in [3.8, 4) is 0 Å². The molecule has 1 aliphatic rings. The zero-order valence-electron chi connectivity index (χ0n) is 11.5. The van der Waals surface area contributed by atoms with Crippen LogP contribution in [-0.4, -0.2) is 55.4 Å². The van der Waals surface area contributed by atoms with Gasteiger partial charge in [-0.05, 0) is 40.4 Å². The molecule has 0 bridgehead atoms. The van der Waals surface area contributed by atoms with E-state index < -0.39 is 0 Å². The molecule has 0 saturated carbocycles. The number of nitrogens with one attached hydrogen (secondary N) is 2. The van der Waals surface area contributed by atoms with Gasteiger partial charge in [-0.3, -0.25) is 0 Å². The molecule has 0 spiro atoms. The van der Waals surface area contributed by atoms with Gasteiger partial charge in [0.2, 0.25) is 0 Å². The van der Waals surface area contributed by atoms with Gasteiger partial charge in [0.1, 0.15) is 0 Å². The SMILES string of the molecule is CC(CCN(C)C)NC(=O)N[C@@H]1C=C[C@H](CO)C1. The summed E-state index contributed by atoms with van der Waals surface area (Å²) >= 11 is 0. The Labute approximate surface area is 109 Å². The molecule has 5 nitrogen and oxygen atoms in total. The van der Waals surface area contributed by atoms with Crippen molar-refractivity contribution in [2.45, 2.75) is 31.8 Å². The van der Waals surface area contributed by atoms with Crippen LogP contribution >= 0.6 is 0 Å². The first-order valence-corrected chi connectivity index (χ1v) is 6.52. The van der Waals surface area contributed by atoms with Crippen molar-refractivity contribution in [3.05, 3.63) is 12.2 Å². The lowest BCUT2D eigenvalue weighted by Crippen LogP contribution is -2.45. The highest BCUT2D eigenvalue weighted by Crippen LogP contribution is 2.16. The minimum atomic E-state index is -0.130. The number of aliphatic hydroxyl groups excluding tert-OH is 1. The third-order valence-corrected chi connectivity index (χ3v) is 3.11. The number of urea groups is 1. The predicted molar refractivity (Wildman–Crippen MR) is 72.4 cm³/mol. The van der Waals surface area contributed by atoms with E-state index in [0.29, 0.717) is 0 Å². The highest BCUT2D eigenvalue weighted by atomic mass is 16.3. The quantitative estimate of drug-likeness (QED) is 0.608. The van der Waals surface area contributed by atoms with Gasteiger partial charge in [-0.25, -0.2) is 4.79 Å². The number of carbonyl (C=O) groups is 1. The van der Waals surface area contributed by atoms with Gasteiger partial charge >= 0.3 is 6.03 Å². The largest absolute Gasteiger partial charge is 0.396 e. The van der Waals surface area contributed by atoms with Crippen LogP contribution < -0.4 is 10.6 Å². The Kier molecular flexibility index (Phi) is 6.15. The Morgan fingerprint density at radius 1 is 1.50 bits per heavy atom. The van der Waals surface area contributed by atoms with Crippen LogP contribution in [0, 0.1) is 5.92 Å². The maximum Gasteiger partial charge on any atom is 0.315 e. The molecule has 0 aromatic rings. The summed E-state index contributed by atoms with van der Waals surface area (Å²) in [6.07, 6.45) is 5.63. The van der Waals surface area contributed by atoms with Crippen molar-refractivity contribution in [2.75, 3.05) is 27.2 Å². The van der Waals surface area contributed by atoms with E-state index in [-0.39, 0.29) is 30.6 Å². The van der Waals surface area contributed by atoms with Crippen LogP contribution in [-0.2, 0) is 0 Å². The maximum atomic E-state index is 11.7. The molecule has 1 rings (SSSR count). The number of aliphatic hydroxyl groups is 1. The lowest BCUT2D eigenvalue weighted by molar-refractivity contribution is 0.227. The Morgan fingerprint density at radius 2 is 2.22 bits per heavy atom. The summed E-state index contributed by atoms with van der Waals surface area (Å²) in [5.41, 5.74) is 0. The Balaban J connectivity index is 2.19. The van der Waals surface area contributed by atoms with Crippen LogP contribution in [0.15, 0.2) is 12.2 Å². The molecule has 18 heavy (non-hydrogen) atoms. The molecule has 3 N–H and O–H groups in total. The van der Waals surface area contributed by atoms with E-state index >= 15 is 0 Å². The standard InChI is InChI=1S/C13H25N3O2/c1-10(6-7-16(2)3)14-13(18)15-12-5-4-11(8-12)9-17/h4-5,10-12,17H,6-9H2,1-3H3,(H2,14,15,18)/t10?,11-,12+/m0/s1. The van der Waals surface area contributed by atoms with Crippen molar-refractivity contribution in [3.63, 3.8) is 0 Å². The van der Waals surface area contributed by atoms with Gasteiger partial charge < -0.3 is 20.6 Å². The third kappa shape index (κ3) is 5.51. The van der Waals surface area contributed by atoms with Crippen LogP contribution in [0.4, 0.5) is 4.79 Å².